The number of non-ortho nitro benzene ring substituents is 1. The van der Waals surface area contributed by atoms with Gasteiger partial charge in [-0.3, -0.25) is 24.6 Å². The van der Waals surface area contributed by atoms with Crippen molar-refractivity contribution in [2.24, 2.45) is 0 Å². The van der Waals surface area contributed by atoms with E-state index in [1.807, 2.05) is 18.2 Å². The van der Waals surface area contributed by atoms with Gasteiger partial charge in [-0.15, -0.1) is 0 Å². The number of rotatable bonds is 11. The lowest BCUT2D eigenvalue weighted by Crippen LogP contribution is -2.26. The Bertz CT molecular complexity index is 1310. The lowest BCUT2D eigenvalue weighted by Gasteiger charge is -2.14. The number of sulfonamides is 1. The minimum absolute atomic E-state index is 0.0821. The number of nitro groups is 1. The number of carbonyl (C=O) groups is 1. The number of aryl methyl sites for hydroxylation is 2. The number of ether oxygens (including phenoxy) is 1. The standard InChI is InChI=1S/C24H26N4O6S/c1-17-15-20(28(30)31)8-9-21(17)27-35(32,33)23-10-6-18(16-22(23)34-2)7-11-24(29)26-14-12-19-5-3-4-13-25-19/h3-6,8-10,13,15-16,27H,7,11-12,14H2,1-2H3,(H,26,29). The Balaban J connectivity index is 1.62. The molecule has 1 amide bonds. The number of nitrogens with zero attached hydrogens (tertiary/aromatic N) is 2. The van der Waals surface area contributed by atoms with Crippen LogP contribution in [0.3, 0.4) is 0 Å². The van der Waals surface area contributed by atoms with Crippen LogP contribution < -0.4 is 14.8 Å². The summed E-state index contributed by atoms with van der Waals surface area (Å²) in [6.07, 6.45) is 2.98. The van der Waals surface area contributed by atoms with Gasteiger partial charge >= 0.3 is 0 Å². The fourth-order valence-electron chi connectivity index (χ4n) is 3.39. The van der Waals surface area contributed by atoms with Crippen molar-refractivity contribution in [1.29, 1.82) is 0 Å². The smallest absolute Gasteiger partial charge is 0.269 e. The Labute approximate surface area is 203 Å². The minimum atomic E-state index is -4.03. The second-order valence-corrected chi connectivity index (χ2v) is 9.42. The van der Waals surface area contributed by atoms with Crippen molar-refractivity contribution >= 4 is 27.3 Å². The number of pyridine rings is 1. The van der Waals surface area contributed by atoms with E-state index in [1.54, 1.807) is 25.3 Å². The number of hydrogen-bond acceptors (Lipinski definition) is 7. The topological polar surface area (TPSA) is 141 Å². The molecule has 0 fully saturated rings. The zero-order valence-electron chi connectivity index (χ0n) is 19.4. The van der Waals surface area contributed by atoms with E-state index in [0.717, 1.165) is 11.3 Å². The third kappa shape index (κ3) is 7.00. The highest BCUT2D eigenvalue weighted by Crippen LogP contribution is 2.29. The summed E-state index contributed by atoms with van der Waals surface area (Å²) in [7, 11) is -2.67. The molecule has 3 rings (SSSR count). The third-order valence-electron chi connectivity index (χ3n) is 5.25. The van der Waals surface area contributed by atoms with E-state index >= 15 is 0 Å². The Morgan fingerprint density at radius 1 is 1.11 bits per heavy atom. The number of methoxy groups -OCH3 is 1. The van der Waals surface area contributed by atoms with Crippen molar-refractivity contribution in [1.82, 2.24) is 10.3 Å². The lowest BCUT2D eigenvalue weighted by atomic mass is 10.1. The fraction of sp³-hybridized carbons (Fsp3) is 0.250. The Morgan fingerprint density at radius 3 is 2.57 bits per heavy atom. The summed E-state index contributed by atoms with van der Waals surface area (Å²) in [5.41, 5.74) is 2.14. The maximum absolute atomic E-state index is 13.0. The number of hydrogen-bond donors (Lipinski definition) is 2. The number of aromatic nitrogens is 1. The van der Waals surface area contributed by atoms with Gasteiger partial charge in [-0.25, -0.2) is 8.42 Å². The number of anilines is 1. The molecule has 0 spiro atoms. The highest BCUT2D eigenvalue weighted by molar-refractivity contribution is 7.92. The van der Waals surface area contributed by atoms with Crippen molar-refractivity contribution in [2.45, 2.75) is 31.1 Å². The number of amides is 1. The molecule has 0 atom stereocenters. The van der Waals surface area contributed by atoms with Gasteiger partial charge in [0.25, 0.3) is 15.7 Å². The van der Waals surface area contributed by atoms with Crippen molar-refractivity contribution in [2.75, 3.05) is 18.4 Å². The summed E-state index contributed by atoms with van der Waals surface area (Å²) in [6.45, 7) is 2.05. The fourth-order valence-corrected chi connectivity index (χ4v) is 4.67. The summed E-state index contributed by atoms with van der Waals surface area (Å²) >= 11 is 0. The lowest BCUT2D eigenvalue weighted by molar-refractivity contribution is -0.384. The average molecular weight is 499 g/mol. The highest BCUT2D eigenvalue weighted by atomic mass is 32.2. The molecule has 0 aliphatic heterocycles. The largest absolute Gasteiger partial charge is 0.495 e. The zero-order chi connectivity index (χ0) is 25.4. The molecule has 0 aliphatic carbocycles. The van der Waals surface area contributed by atoms with Crippen LogP contribution in [0.25, 0.3) is 0 Å². The van der Waals surface area contributed by atoms with Gasteiger partial charge in [-0.05, 0) is 54.8 Å². The summed E-state index contributed by atoms with van der Waals surface area (Å²) in [5.74, 6) is 0.0111. The molecule has 11 heteroatoms. The second-order valence-electron chi connectivity index (χ2n) is 7.77. The molecule has 2 aromatic carbocycles. The molecule has 1 aromatic heterocycles. The minimum Gasteiger partial charge on any atom is -0.495 e. The zero-order valence-corrected chi connectivity index (χ0v) is 20.2. The molecule has 1 heterocycles. The number of nitrogens with one attached hydrogen (secondary N) is 2. The molecule has 0 unspecified atom stereocenters. The molecule has 0 radical (unpaired) electrons. The van der Waals surface area contributed by atoms with Crippen molar-refractivity contribution in [3.8, 4) is 5.75 Å². The molecule has 2 N–H and O–H groups in total. The first-order chi connectivity index (χ1) is 16.7. The van der Waals surface area contributed by atoms with Gasteiger partial charge in [0, 0.05) is 43.4 Å². The van der Waals surface area contributed by atoms with Crippen LogP contribution in [0.5, 0.6) is 5.75 Å². The van der Waals surface area contributed by atoms with Crippen LogP contribution in [0.4, 0.5) is 11.4 Å². The number of nitro benzene ring substituents is 1. The van der Waals surface area contributed by atoms with E-state index in [-0.39, 0.29) is 34.3 Å². The monoisotopic (exact) mass is 498 g/mol. The summed E-state index contributed by atoms with van der Waals surface area (Å²) < 4.78 is 33.7. The normalized spacial score (nSPS) is 11.0. The van der Waals surface area contributed by atoms with Gasteiger partial charge in [0.1, 0.15) is 10.6 Å². The molecule has 35 heavy (non-hydrogen) atoms. The summed E-state index contributed by atoms with van der Waals surface area (Å²) in [6, 6.07) is 14.1. The van der Waals surface area contributed by atoms with Crippen LogP contribution in [-0.4, -0.2) is 37.9 Å². The number of carbonyl (C=O) groups excluding carboxylic acids is 1. The van der Waals surface area contributed by atoms with Gasteiger partial charge in [-0.2, -0.15) is 0 Å². The predicted molar refractivity (Wildman–Crippen MR) is 131 cm³/mol. The van der Waals surface area contributed by atoms with E-state index < -0.39 is 14.9 Å². The molecule has 0 aliphatic rings. The van der Waals surface area contributed by atoms with E-state index in [0.29, 0.717) is 24.9 Å². The van der Waals surface area contributed by atoms with Crippen LogP contribution in [0.1, 0.15) is 23.2 Å². The van der Waals surface area contributed by atoms with Crippen LogP contribution in [0.15, 0.2) is 65.7 Å². The first kappa shape index (κ1) is 25.6. The second kappa shape index (κ2) is 11.4. The first-order valence-corrected chi connectivity index (χ1v) is 12.3. The summed E-state index contributed by atoms with van der Waals surface area (Å²) in [4.78, 5) is 26.7. The Morgan fingerprint density at radius 2 is 1.91 bits per heavy atom. The SMILES string of the molecule is COc1cc(CCC(=O)NCCc2ccccn2)ccc1S(=O)(=O)Nc1ccc([N+](=O)[O-])cc1C. The first-order valence-electron chi connectivity index (χ1n) is 10.8. The van der Waals surface area contributed by atoms with Gasteiger partial charge in [-0.1, -0.05) is 12.1 Å². The Hall–Kier alpha value is -3.99. The maximum Gasteiger partial charge on any atom is 0.269 e. The molecule has 3 aromatic rings. The van der Waals surface area contributed by atoms with Gasteiger partial charge in [0.15, 0.2) is 0 Å². The van der Waals surface area contributed by atoms with Crippen LogP contribution >= 0.6 is 0 Å². The van der Waals surface area contributed by atoms with E-state index in [2.05, 4.69) is 15.0 Å². The molecule has 0 saturated carbocycles. The Kier molecular flexibility index (Phi) is 8.37. The van der Waals surface area contributed by atoms with Crippen LogP contribution in [0.2, 0.25) is 0 Å². The van der Waals surface area contributed by atoms with Crippen LogP contribution in [0, 0.1) is 17.0 Å². The van der Waals surface area contributed by atoms with Crippen molar-refractivity contribution in [3.63, 3.8) is 0 Å². The summed E-state index contributed by atoms with van der Waals surface area (Å²) in [5, 5.41) is 13.8. The number of benzene rings is 2. The molecular formula is C24H26N4O6S. The molecule has 10 nitrogen and oxygen atoms in total. The van der Waals surface area contributed by atoms with E-state index in [9.17, 15) is 23.3 Å². The molecule has 0 saturated heterocycles. The van der Waals surface area contributed by atoms with Crippen molar-refractivity contribution in [3.05, 3.63) is 87.7 Å². The van der Waals surface area contributed by atoms with Crippen molar-refractivity contribution < 1.29 is 22.9 Å². The van der Waals surface area contributed by atoms with E-state index in [1.165, 1.54) is 31.4 Å². The average Bonchev–Trinajstić information content (AvgIpc) is 2.84. The van der Waals surface area contributed by atoms with Crippen LogP contribution in [-0.2, 0) is 27.7 Å². The van der Waals surface area contributed by atoms with Gasteiger partial charge in [0.2, 0.25) is 5.91 Å². The molecular weight excluding hydrogens is 472 g/mol. The van der Waals surface area contributed by atoms with Gasteiger partial charge < -0.3 is 10.1 Å². The highest BCUT2D eigenvalue weighted by Gasteiger charge is 2.21. The molecule has 0 bridgehead atoms. The van der Waals surface area contributed by atoms with Gasteiger partial charge in [0.05, 0.1) is 17.7 Å². The quantitative estimate of drug-likeness (QED) is 0.305. The third-order valence-corrected chi connectivity index (χ3v) is 6.66. The maximum atomic E-state index is 13.0. The predicted octanol–water partition coefficient (Wildman–Crippen LogP) is 3.40. The molecule has 184 valence electrons. The van der Waals surface area contributed by atoms with E-state index in [4.69, 9.17) is 4.74 Å².